The number of piperidine rings is 1. The number of alkyl halides is 3. The Kier molecular flexibility index (Phi) is 5.75. The zero-order chi connectivity index (χ0) is 16.9. The van der Waals surface area contributed by atoms with E-state index in [0.29, 0.717) is 39.0 Å². The van der Waals surface area contributed by atoms with E-state index in [1.54, 1.807) is 12.0 Å². The molecule has 1 aromatic heterocycles. The van der Waals surface area contributed by atoms with Crippen molar-refractivity contribution in [3.8, 4) is 0 Å². The van der Waals surface area contributed by atoms with Gasteiger partial charge in [-0.05, 0) is 18.9 Å². The molecule has 1 amide bonds. The average Bonchev–Trinajstić information content (AvgIpc) is 2.53. The van der Waals surface area contributed by atoms with E-state index in [-0.39, 0.29) is 17.9 Å². The Labute approximate surface area is 132 Å². The molecular weight excluding hydrogens is 313 g/mol. The van der Waals surface area contributed by atoms with Crippen LogP contribution in [0.1, 0.15) is 25.0 Å². The Morgan fingerprint density at radius 3 is 2.74 bits per heavy atom. The van der Waals surface area contributed by atoms with E-state index in [1.165, 1.54) is 0 Å². The van der Waals surface area contributed by atoms with Gasteiger partial charge >= 0.3 is 6.18 Å². The van der Waals surface area contributed by atoms with Crippen LogP contribution in [0.25, 0.3) is 0 Å². The van der Waals surface area contributed by atoms with E-state index in [2.05, 4.69) is 15.3 Å². The van der Waals surface area contributed by atoms with Crippen molar-refractivity contribution in [1.29, 1.82) is 0 Å². The smallest absolute Gasteiger partial charge is 0.384 e. The number of hydrogen-bond donors (Lipinski definition) is 1. The van der Waals surface area contributed by atoms with Crippen LogP contribution < -0.4 is 5.32 Å². The van der Waals surface area contributed by atoms with Crippen LogP contribution in [0.5, 0.6) is 0 Å². The molecule has 23 heavy (non-hydrogen) atoms. The molecule has 1 aromatic rings. The largest absolute Gasteiger partial charge is 0.433 e. The molecule has 0 spiro atoms. The summed E-state index contributed by atoms with van der Waals surface area (Å²) in [5, 5.41) is 2.91. The van der Waals surface area contributed by atoms with Crippen LogP contribution in [-0.4, -0.2) is 53.6 Å². The van der Waals surface area contributed by atoms with Gasteiger partial charge in [-0.3, -0.25) is 4.79 Å². The van der Waals surface area contributed by atoms with Crippen molar-refractivity contribution in [3.63, 3.8) is 0 Å². The molecule has 0 unspecified atom stereocenters. The van der Waals surface area contributed by atoms with Crippen molar-refractivity contribution in [3.05, 3.63) is 18.0 Å². The van der Waals surface area contributed by atoms with E-state index in [9.17, 15) is 18.0 Å². The maximum absolute atomic E-state index is 12.6. The molecular formula is C14H19F3N4O2. The monoisotopic (exact) mass is 332 g/mol. The molecule has 0 bridgehead atoms. The zero-order valence-electron chi connectivity index (χ0n) is 12.8. The lowest BCUT2D eigenvalue weighted by Gasteiger charge is -2.32. The van der Waals surface area contributed by atoms with Crippen molar-refractivity contribution < 1.29 is 22.7 Å². The fraction of sp³-hybridized carbons (Fsp3) is 0.643. The second kappa shape index (κ2) is 7.58. The fourth-order valence-corrected chi connectivity index (χ4v) is 2.39. The number of amides is 1. The Morgan fingerprint density at radius 1 is 1.43 bits per heavy atom. The SMILES string of the molecule is COCCC(=O)N1CCC(Nc2nccc(C(F)(F)F)n2)CC1. The first-order valence-corrected chi connectivity index (χ1v) is 7.33. The van der Waals surface area contributed by atoms with Gasteiger partial charge in [0.25, 0.3) is 0 Å². The van der Waals surface area contributed by atoms with Gasteiger partial charge in [0.05, 0.1) is 13.0 Å². The summed E-state index contributed by atoms with van der Waals surface area (Å²) < 4.78 is 42.7. The summed E-state index contributed by atoms with van der Waals surface area (Å²) in [5.74, 6) is -0.00963. The van der Waals surface area contributed by atoms with Crippen LogP contribution in [0.3, 0.4) is 0 Å². The lowest BCUT2D eigenvalue weighted by atomic mass is 10.0. The molecule has 1 saturated heterocycles. The zero-order valence-corrected chi connectivity index (χ0v) is 12.8. The lowest BCUT2D eigenvalue weighted by molar-refractivity contribution is -0.141. The number of nitrogens with one attached hydrogen (secondary N) is 1. The van der Waals surface area contributed by atoms with Gasteiger partial charge in [-0.1, -0.05) is 0 Å². The average molecular weight is 332 g/mol. The highest BCUT2D eigenvalue weighted by Gasteiger charge is 2.33. The molecule has 0 atom stereocenters. The van der Waals surface area contributed by atoms with Crippen LogP contribution in [0.15, 0.2) is 12.3 Å². The van der Waals surface area contributed by atoms with Crippen LogP contribution >= 0.6 is 0 Å². The Bertz CT molecular complexity index is 531. The third-order valence-electron chi connectivity index (χ3n) is 3.65. The van der Waals surface area contributed by atoms with Crippen molar-refractivity contribution in [2.45, 2.75) is 31.5 Å². The van der Waals surface area contributed by atoms with Crippen LogP contribution in [-0.2, 0) is 15.7 Å². The fourth-order valence-electron chi connectivity index (χ4n) is 2.39. The number of hydrogen-bond acceptors (Lipinski definition) is 5. The van der Waals surface area contributed by atoms with Crippen LogP contribution in [0.2, 0.25) is 0 Å². The molecule has 0 aromatic carbocycles. The summed E-state index contributed by atoms with van der Waals surface area (Å²) in [4.78, 5) is 20.9. The molecule has 1 aliphatic rings. The van der Waals surface area contributed by atoms with E-state index in [4.69, 9.17) is 4.74 Å². The normalized spacial score (nSPS) is 16.4. The third-order valence-corrected chi connectivity index (χ3v) is 3.65. The number of carbonyl (C=O) groups excluding carboxylic acids is 1. The standard InChI is InChI=1S/C14H19F3N4O2/c1-23-9-5-12(22)21-7-3-10(4-8-21)19-13-18-6-2-11(20-13)14(15,16)17/h2,6,10H,3-5,7-9H2,1H3,(H,18,19,20). The number of halogens is 3. The predicted octanol–water partition coefficient (Wildman–Crippen LogP) is 1.93. The first kappa shape index (κ1) is 17.5. The third kappa shape index (κ3) is 5.05. The molecule has 2 heterocycles. The Balaban J connectivity index is 1.86. The molecule has 9 heteroatoms. The highest BCUT2D eigenvalue weighted by molar-refractivity contribution is 5.76. The van der Waals surface area contributed by atoms with Crippen molar-refractivity contribution in [1.82, 2.24) is 14.9 Å². The van der Waals surface area contributed by atoms with Crippen molar-refractivity contribution in [2.24, 2.45) is 0 Å². The van der Waals surface area contributed by atoms with Gasteiger partial charge in [0.1, 0.15) is 5.69 Å². The quantitative estimate of drug-likeness (QED) is 0.892. The minimum atomic E-state index is -4.49. The summed E-state index contributed by atoms with van der Waals surface area (Å²) in [7, 11) is 1.54. The van der Waals surface area contributed by atoms with Gasteiger partial charge in [-0.25, -0.2) is 9.97 Å². The van der Waals surface area contributed by atoms with Crippen molar-refractivity contribution >= 4 is 11.9 Å². The van der Waals surface area contributed by atoms with Crippen molar-refractivity contribution in [2.75, 3.05) is 32.1 Å². The summed E-state index contributed by atoms with van der Waals surface area (Å²) in [6, 6.07) is 0.785. The number of methoxy groups -OCH3 is 1. The topological polar surface area (TPSA) is 67.3 Å². The minimum Gasteiger partial charge on any atom is -0.384 e. The molecule has 1 fully saturated rings. The van der Waals surface area contributed by atoms with Crippen LogP contribution in [0, 0.1) is 0 Å². The first-order valence-electron chi connectivity index (χ1n) is 7.33. The van der Waals surface area contributed by atoms with Gasteiger partial charge < -0.3 is 15.0 Å². The summed E-state index contributed by atoms with van der Waals surface area (Å²) >= 11 is 0. The van der Waals surface area contributed by atoms with Gasteiger partial charge in [0, 0.05) is 32.4 Å². The number of rotatable bonds is 5. The molecule has 1 aliphatic heterocycles. The van der Waals surface area contributed by atoms with E-state index in [1.807, 2.05) is 0 Å². The number of likely N-dealkylation sites (tertiary alicyclic amines) is 1. The second-order valence-corrected chi connectivity index (χ2v) is 5.31. The highest BCUT2D eigenvalue weighted by Crippen LogP contribution is 2.27. The Morgan fingerprint density at radius 2 is 2.13 bits per heavy atom. The summed E-state index contributed by atoms with van der Waals surface area (Å²) in [6.07, 6.45) is -1.79. The van der Waals surface area contributed by atoms with Gasteiger partial charge in [-0.15, -0.1) is 0 Å². The summed E-state index contributed by atoms with van der Waals surface area (Å²) in [5.41, 5.74) is -0.970. The van der Waals surface area contributed by atoms with E-state index in [0.717, 1.165) is 12.3 Å². The number of nitrogens with zero attached hydrogens (tertiary/aromatic N) is 3. The minimum absolute atomic E-state index is 0.0284. The van der Waals surface area contributed by atoms with E-state index >= 15 is 0 Å². The van der Waals surface area contributed by atoms with E-state index < -0.39 is 11.9 Å². The first-order chi connectivity index (χ1) is 10.9. The maximum Gasteiger partial charge on any atom is 0.433 e. The number of aromatic nitrogens is 2. The van der Waals surface area contributed by atoms with Gasteiger partial charge in [0.2, 0.25) is 11.9 Å². The number of anilines is 1. The maximum atomic E-state index is 12.6. The number of ether oxygens (including phenoxy) is 1. The Hall–Kier alpha value is -1.90. The second-order valence-electron chi connectivity index (χ2n) is 5.31. The highest BCUT2D eigenvalue weighted by atomic mass is 19.4. The lowest BCUT2D eigenvalue weighted by Crippen LogP contribution is -2.42. The summed E-state index contributed by atoms with van der Waals surface area (Å²) in [6.45, 7) is 1.49. The molecule has 2 rings (SSSR count). The molecule has 0 radical (unpaired) electrons. The molecule has 1 N–H and O–H groups in total. The molecule has 0 aliphatic carbocycles. The van der Waals surface area contributed by atoms with Gasteiger partial charge in [-0.2, -0.15) is 13.2 Å². The van der Waals surface area contributed by atoms with Gasteiger partial charge in [0.15, 0.2) is 0 Å². The number of carbonyl (C=O) groups is 1. The molecule has 0 saturated carbocycles. The molecule has 128 valence electrons. The molecule has 6 nitrogen and oxygen atoms in total. The predicted molar refractivity (Wildman–Crippen MR) is 76.8 cm³/mol. The van der Waals surface area contributed by atoms with Crippen LogP contribution in [0.4, 0.5) is 19.1 Å².